The molecule has 0 amide bonds. The topological polar surface area (TPSA) is 29.3 Å². The SMILES string of the molecule is CCSCCCN1CCC(N)C1. The van der Waals surface area contributed by atoms with E-state index in [4.69, 9.17) is 5.73 Å². The molecule has 0 aromatic carbocycles. The second kappa shape index (κ2) is 5.84. The highest BCUT2D eigenvalue weighted by molar-refractivity contribution is 7.99. The highest BCUT2D eigenvalue weighted by atomic mass is 32.2. The van der Waals surface area contributed by atoms with Crippen LogP contribution >= 0.6 is 11.8 Å². The van der Waals surface area contributed by atoms with Gasteiger partial charge in [-0.05, 0) is 37.4 Å². The van der Waals surface area contributed by atoms with Gasteiger partial charge in [0.1, 0.15) is 0 Å². The Kier molecular flexibility index (Phi) is 5.04. The average Bonchev–Trinajstić information content (AvgIpc) is 2.45. The first-order chi connectivity index (χ1) is 5.83. The van der Waals surface area contributed by atoms with Crippen LogP contribution in [0.15, 0.2) is 0 Å². The molecule has 0 saturated carbocycles. The van der Waals surface area contributed by atoms with Crippen molar-refractivity contribution in [2.45, 2.75) is 25.8 Å². The molecule has 2 nitrogen and oxygen atoms in total. The number of hydrogen-bond donors (Lipinski definition) is 1. The number of thioether (sulfide) groups is 1. The standard InChI is InChI=1S/C9H20N2S/c1-2-12-7-3-5-11-6-4-9(10)8-11/h9H,2-8,10H2,1H3. The summed E-state index contributed by atoms with van der Waals surface area (Å²) in [6.45, 7) is 5.81. The van der Waals surface area contributed by atoms with E-state index >= 15 is 0 Å². The van der Waals surface area contributed by atoms with E-state index in [-0.39, 0.29) is 0 Å². The summed E-state index contributed by atoms with van der Waals surface area (Å²) in [5.74, 6) is 2.56. The Labute approximate surface area is 79.9 Å². The number of hydrogen-bond acceptors (Lipinski definition) is 3. The largest absolute Gasteiger partial charge is 0.326 e. The van der Waals surface area contributed by atoms with Gasteiger partial charge < -0.3 is 10.6 Å². The predicted molar refractivity (Wildman–Crippen MR) is 56.6 cm³/mol. The molecule has 1 rings (SSSR count). The lowest BCUT2D eigenvalue weighted by atomic mass is 10.3. The van der Waals surface area contributed by atoms with E-state index < -0.39 is 0 Å². The fourth-order valence-electron chi connectivity index (χ4n) is 1.60. The molecule has 1 atom stereocenters. The van der Waals surface area contributed by atoms with Gasteiger partial charge in [0, 0.05) is 12.6 Å². The normalized spacial score (nSPS) is 25.0. The van der Waals surface area contributed by atoms with Crippen LogP contribution in [0, 0.1) is 0 Å². The van der Waals surface area contributed by atoms with E-state index in [0.29, 0.717) is 6.04 Å². The van der Waals surface area contributed by atoms with Crippen molar-refractivity contribution in [3.63, 3.8) is 0 Å². The molecule has 1 saturated heterocycles. The fourth-order valence-corrected chi connectivity index (χ4v) is 2.22. The molecule has 1 heterocycles. The van der Waals surface area contributed by atoms with Crippen molar-refractivity contribution in [2.24, 2.45) is 5.73 Å². The molecular formula is C9H20N2S. The molecule has 0 aromatic rings. The zero-order valence-corrected chi connectivity index (χ0v) is 8.78. The van der Waals surface area contributed by atoms with Crippen LogP contribution in [-0.2, 0) is 0 Å². The van der Waals surface area contributed by atoms with Crippen molar-refractivity contribution in [2.75, 3.05) is 31.1 Å². The number of nitrogens with zero attached hydrogens (tertiary/aromatic N) is 1. The third-order valence-electron chi connectivity index (χ3n) is 2.28. The van der Waals surface area contributed by atoms with Gasteiger partial charge in [0.05, 0.1) is 0 Å². The molecule has 0 aromatic heterocycles. The summed E-state index contributed by atoms with van der Waals surface area (Å²) >= 11 is 2.03. The van der Waals surface area contributed by atoms with Crippen LogP contribution in [0.5, 0.6) is 0 Å². The summed E-state index contributed by atoms with van der Waals surface area (Å²) in [5, 5.41) is 0. The Morgan fingerprint density at radius 1 is 1.58 bits per heavy atom. The first kappa shape index (κ1) is 10.4. The second-order valence-electron chi connectivity index (χ2n) is 3.40. The molecule has 0 spiro atoms. The van der Waals surface area contributed by atoms with Crippen molar-refractivity contribution in [1.82, 2.24) is 4.90 Å². The van der Waals surface area contributed by atoms with E-state index in [0.717, 1.165) is 6.54 Å². The molecule has 12 heavy (non-hydrogen) atoms. The Bertz CT molecular complexity index is 119. The minimum Gasteiger partial charge on any atom is -0.326 e. The maximum absolute atomic E-state index is 5.81. The molecule has 0 aliphatic carbocycles. The highest BCUT2D eigenvalue weighted by Crippen LogP contribution is 2.08. The molecular weight excluding hydrogens is 168 g/mol. The molecule has 2 N–H and O–H groups in total. The van der Waals surface area contributed by atoms with Gasteiger partial charge in [-0.3, -0.25) is 0 Å². The Balaban J connectivity index is 1.93. The van der Waals surface area contributed by atoms with Crippen LogP contribution in [0.2, 0.25) is 0 Å². The van der Waals surface area contributed by atoms with E-state index in [1.807, 2.05) is 11.8 Å². The van der Waals surface area contributed by atoms with Crippen LogP contribution in [0.25, 0.3) is 0 Å². The summed E-state index contributed by atoms with van der Waals surface area (Å²) in [6, 6.07) is 0.448. The Morgan fingerprint density at radius 3 is 3.00 bits per heavy atom. The third kappa shape index (κ3) is 3.78. The van der Waals surface area contributed by atoms with Gasteiger partial charge >= 0.3 is 0 Å². The van der Waals surface area contributed by atoms with E-state index in [1.165, 1.54) is 37.4 Å². The lowest BCUT2D eigenvalue weighted by Crippen LogP contribution is -2.27. The number of nitrogens with two attached hydrogens (primary N) is 1. The van der Waals surface area contributed by atoms with Crippen LogP contribution in [0.4, 0.5) is 0 Å². The molecule has 0 radical (unpaired) electrons. The molecule has 1 unspecified atom stereocenters. The lowest BCUT2D eigenvalue weighted by Gasteiger charge is -2.14. The highest BCUT2D eigenvalue weighted by Gasteiger charge is 2.17. The van der Waals surface area contributed by atoms with Gasteiger partial charge in [0.2, 0.25) is 0 Å². The van der Waals surface area contributed by atoms with Crippen molar-refractivity contribution in [1.29, 1.82) is 0 Å². The monoisotopic (exact) mass is 188 g/mol. The first-order valence-electron chi connectivity index (χ1n) is 4.88. The van der Waals surface area contributed by atoms with Gasteiger partial charge in [-0.25, -0.2) is 0 Å². The van der Waals surface area contributed by atoms with Crippen LogP contribution in [0.3, 0.4) is 0 Å². The first-order valence-corrected chi connectivity index (χ1v) is 6.04. The second-order valence-corrected chi connectivity index (χ2v) is 4.79. The lowest BCUT2D eigenvalue weighted by molar-refractivity contribution is 0.336. The number of likely N-dealkylation sites (tertiary alicyclic amines) is 1. The van der Waals surface area contributed by atoms with Crippen molar-refractivity contribution < 1.29 is 0 Å². The summed E-state index contributed by atoms with van der Waals surface area (Å²) < 4.78 is 0. The van der Waals surface area contributed by atoms with E-state index in [9.17, 15) is 0 Å². The smallest absolute Gasteiger partial charge is 0.0180 e. The van der Waals surface area contributed by atoms with Crippen LogP contribution in [-0.4, -0.2) is 42.1 Å². The average molecular weight is 188 g/mol. The molecule has 3 heteroatoms. The Hall–Kier alpha value is 0.270. The maximum atomic E-state index is 5.81. The minimum atomic E-state index is 0.448. The molecule has 1 fully saturated rings. The molecule has 0 bridgehead atoms. The maximum Gasteiger partial charge on any atom is 0.0180 e. The summed E-state index contributed by atoms with van der Waals surface area (Å²) in [7, 11) is 0. The molecule has 72 valence electrons. The fraction of sp³-hybridized carbons (Fsp3) is 1.00. The van der Waals surface area contributed by atoms with Crippen LogP contribution < -0.4 is 5.73 Å². The zero-order chi connectivity index (χ0) is 8.81. The van der Waals surface area contributed by atoms with Gasteiger partial charge in [-0.2, -0.15) is 11.8 Å². The summed E-state index contributed by atoms with van der Waals surface area (Å²) in [6.07, 6.45) is 2.52. The van der Waals surface area contributed by atoms with Gasteiger partial charge in [-0.1, -0.05) is 6.92 Å². The van der Waals surface area contributed by atoms with Gasteiger partial charge in [-0.15, -0.1) is 0 Å². The van der Waals surface area contributed by atoms with Crippen molar-refractivity contribution >= 4 is 11.8 Å². The quantitative estimate of drug-likeness (QED) is 0.657. The van der Waals surface area contributed by atoms with Gasteiger partial charge in [0.15, 0.2) is 0 Å². The van der Waals surface area contributed by atoms with Crippen LogP contribution in [0.1, 0.15) is 19.8 Å². The molecule has 1 aliphatic rings. The van der Waals surface area contributed by atoms with Crippen molar-refractivity contribution in [3.05, 3.63) is 0 Å². The Morgan fingerprint density at radius 2 is 2.42 bits per heavy atom. The summed E-state index contributed by atoms with van der Waals surface area (Å²) in [4.78, 5) is 2.49. The van der Waals surface area contributed by atoms with E-state index in [2.05, 4.69) is 11.8 Å². The van der Waals surface area contributed by atoms with E-state index in [1.54, 1.807) is 0 Å². The zero-order valence-electron chi connectivity index (χ0n) is 7.96. The summed E-state index contributed by atoms with van der Waals surface area (Å²) in [5.41, 5.74) is 5.81. The number of rotatable bonds is 5. The third-order valence-corrected chi connectivity index (χ3v) is 3.26. The van der Waals surface area contributed by atoms with Crippen molar-refractivity contribution in [3.8, 4) is 0 Å². The van der Waals surface area contributed by atoms with Gasteiger partial charge in [0.25, 0.3) is 0 Å². The minimum absolute atomic E-state index is 0.448. The molecule has 1 aliphatic heterocycles. The predicted octanol–water partition coefficient (Wildman–Crippen LogP) is 1.16.